The highest BCUT2D eigenvalue weighted by molar-refractivity contribution is 6.30. The van der Waals surface area contributed by atoms with E-state index in [0.29, 0.717) is 27.3 Å². The molecule has 3 aromatic rings. The van der Waals surface area contributed by atoms with Crippen LogP contribution in [0.4, 0.5) is 0 Å². The Hall–Kier alpha value is -2.99. The van der Waals surface area contributed by atoms with E-state index < -0.39 is 11.6 Å². The molecule has 3 rings (SSSR count). The van der Waals surface area contributed by atoms with Crippen LogP contribution < -0.4 is 10.4 Å². The number of fused-ring (bicyclic) bond motifs is 1. The second-order valence-corrected chi connectivity index (χ2v) is 6.47. The van der Waals surface area contributed by atoms with E-state index in [1.807, 2.05) is 6.92 Å². The fraction of sp³-hybridized carbons (Fsp3) is 0.200. The Kier molecular flexibility index (Phi) is 5.37. The first-order valence-corrected chi connectivity index (χ1v) is 8.53. The van der Waals surface area contributed by atoms with Crippen molar-refractivity contribution in [3.8, 4) is 11.5 Å². The van der Waals surface area contributed by atoms with Crippen molar-refractivity contribution < 1.29 is 23.8 Å². The molecule has 0 aliphatic carbocycles. The maximum atomic E-state index is 12.0. The molecule has 0 bridgehead atoms. The fourth-order valence-electron chi connectivity index (χ4n) is 2.65. The third-order valence-electron chi connectivity index (χ3n) is 4.09. The Labute approximate surface area is 159 Å². The first-order valence-electron chi connectivity index (χ1n) is 8.15. The monoisotopic (exact) mass is 388 g/mol. The van der Waals surface area contributed by atoms with Crippen LogP contribution in [0.15, 0.2) is 45.6 Å². The lowest BCUT2D eigenvalue weighted by atomic mass is 10.1. The zero-order valence-electron chi connectivity index (χ0n) is 14.7. The highest BCUT2D eigenvalue weighted by atomic mass is 35.5. The summed E-state index contributed by atoms with van der Waals surface area (Å²) in [5, 5.41) is 10.9. The van der Waals surface area contributed by atoms with Gasteiger partial charge in [-0.25, -0.2) is 9.59 Å². The van der Waals surface area contributed by atoms with Crippen LogP contribution in [0.3, 0.4) is 0 Å². The van der Waals surface area contributed by atoms with Gasteiger partial charge in [0.1, 0.15) is 23.7 Å². The molecule has 1 N–H and O–H groups in total. The van der Waals surface area contributed by atoms with Gasteiger partial charge in [-0.1, -0.05) is 11.6 Å². The molecule has 140 valence electrons. The number of hydrogen-bond acceptors (Lipinski definition) is 6. The Bertz CT molecular complexity index is 1070. The van der Waals surface area contributed by atoms with E-state index in [-0.39, 0.29) is 24.5 Å². The van der Waals surface area contributed by atoms with E-state index in [0.717, 1.165) is 5.56 Å². The number of hydrogen-bond donors (Lipinski definition) is 1. The van der Waals surface area contributed by atoms with Gasteiger partial charge >= 0.3 is 11.6 Å². The number of esters is 1. The van der Waals surface area contributed by atoms with E-state index in [1.165, 1.54) is 12.1 Å². The molecule has 0 amide bonds. The molecule has 0 saturated heterocycles. The number of halogens is 1. The van der Waals surface area contributed by atoms with Crippen molar-refractivity contribution in [1.82, 2.24) is 0 Å². The van der Waals surface area contributed by atoms with E-state index in [2.05, 4.69) is 0 Å². The molecule has 0 aliphatic heterocycles. The lowest BCUT2D eigenvalue weighted by molar-refractivity contribution is -0.147. The molecule has 7 heteroatoms. The normalized spacial score (nSPS) is 10.8. The van der Waals surface area contributed by atoms with Crippen molar-refractivity contribution in [3.63, 3.8) is 0 Å². The minimum atomic E-state index is -0.588. The van der Waals surface area contributed by atoms with Gasteiger partial charge in [-0.3, -0.25) is 0 Å². The Morgan fingerprint density at radius 1 is 1.19 bits per heavy atom. The standard InChI is InChI=1S/C20H17ClO6/c1-11-7-14(21)3-6-17(11)25-10-19(24)26-9-13-8-18(23)27-20-12(2)16(22)5-4-15(13)20/h3-8,22H,9-10H2,1-2H3. The molecule has 1 aromatic heterocycles. The van der Waals surface area contributed by atoms with E-state index in [4.69, 9.17) is 25.5 Å². The summed E-state index contributed by atoms with van der Waals surface area (Å²) in [5.41, 5.74) is 1.41. The zero-order chi connectivity index (χ0) is 19.6. The van der Waals surface area contributed by atoms with Crippen LogP contribution in [0.5, 0.6) is 11.5 Å². The number of carbonyl (C=O) groups excluding carboxylic acids is 1. The number of carbonyl (C=O) groups is 1. The second kappa shape index (κ2) is 7.72. The van der Waals surface area contributed by atoms with Crippen molar-refractivity contribution in [3.05, 3.63) is 68.5 Å². The summed E-state index contributed by atoms with van der Waals surface area (Å²) in [7, 11) is 0. The molecule has 0 aliphatic rings. The van der Waals surface area contributed by atoms with Crippen molar-refractivity contribution in [2.45, 2.75) is 20.5 Å². The summed E-state index contributed by atoms with van der Waals surface area (Å²) in [5.74, 6) is -0.0268. The van der Waals surface area contributed by atoms with Gasteiger partial charge in [0.15, 0.2) is 6.61 Å². The molecule has 0 unspecified atom stereocenters. The molecule has 0 fully saturated rings. The summed E-state index contributed by atoms with van der Waals surface area (Å²) in [4.78, 5) is 23.8. The molecule has 0 atom stereocenters. The van der Waals surface area contributed by atoms with Crippen LogP contribution in [0.2, 0.25) is 5.02 Å². The topological polar surface area (TPSA) is 86.0 Å². The van der Waals surface area contributed by atoms with Crippen molar-refractivity contribution >= 4 is 28.5 Å². The van der Waals surface area contributed by atoms with Gasteiger partial charge in [-0.05, 0) is 49.7 Å². The van der Waals surface area contributed by atoms with Gasteiger partial charge in [0, 0.05) is 27.6 Å². The van der Waals surface area contributed by atoms with Gasteiger partial charge in [-0.15, -0.1) is 0 Å². The summed E-state index contributed by atoms with van der Waals surface area (Å²) in [6, 6.07) is 9.44. The lowest BCUT2D eigenvalue weighted by Gasteiger charge is -2.11. The summed E-state index contributed by atoms with van der Waals surface area (Å²) in [6.07, 6.45) is 0. The van der Waals surface area contributed by atoms with Crippen LogP contribution in [0, 0.1) is 13.8 Å². The van der Waals surface area contributed by atoms with E-state index in [1.54, 1.807) is 31.2 Å². The van der Waals surface area contributed by atoms with Gasteiger partial charge in [0.05, 0.1) is 0 Å². The first-order chi connectivity index (χ1) is 12.8. The van der Waals surface area contributed by atoms with Crippen LogP contribution in [-0.4, -0.2) is 17.7 Å². The summed E-state index contributed by atoms with van der Waals surface area (Å²) >= 11 is 5.88. The molecule has 1 heterocycles. The molecular formula is C20H17ClO6. The Morgan fingerprint density at radius 3 is 2.70 bits per heavy atom. The average Bonchev–Trinajstić information content (AvgIpc) is 2.62. The second-order valence-electron chi connectivity index (χ2n) is 6.04. The number of phenolic OH excluding ortho intramolecular Hbond substituents is 1. The van der Waals surface area contributed by atoms with Crippen LogP contribution >= 0.6 is 11.6 Å². The number of aryl methyl sites for hydroxylation is 2. The number of ether oxygens (including phenoxy) is 2. The number of phenols is 1. The quantitative estimate of drug-likeness (QED) is 0.527. The van der Waals surface area contributed by atoms with E-state index >= 15 is 0 Å². The van der Waals surface area contributed by atoms with Gasteiger partial charge < -0.3 is 19.0 Å². The molecular weight excluding hydrogens is 372 g/mol. The smallest absolute Gasteiger partial charge is 0.344 e. The van der Waals surface area contributed by atoms with Gasteiger partial charge in [0.2, 0.25) is 0 Å². The molecule has 27 heavy (non-hydrogen) atoms. The maximum absolute atomic E-state index is 12.0. The highest BCUT2D eigenvalue weighted by Gasteiger charge is 2.13. The summed E-state index contributed by atoms with van der Waals surface area (Å²) < 4.78 is 15.8. The van der Waals surface area contributed by atoms with E-state index in [9.17, 15) is 14.7 Å². The molecule has 0 radical (unpaired) electrons. The predicted molar refractivity (Wildman–Crippen MR) is 100 cm³/mol. The minimum Gasteiger partial charge on any atom is -0.508 e. The zero-order valence-corrected chi connectivity index (χ0v) is 15.5. The number of rotatable bonds is 5. The molecule has 6 nitrogen and oxygen atoms in total. The van der Waals surface area contributed by atoms with Crippen molar-refractivity contribution in [1.29, 1.82) is 0 Å². The van der Waals surface area contributed by atoms with Gasteiger partial charge in [-0.2, -0.15) is 0 Å². The van der Waals surface area contributed by atoms with Crippen molar-refractivity contribution in [2.75, 3.05) is 6.61 Å². The average molecular weight is 389 g/mol. The SMILES string of the molecule is Cc1cc(Cl)ccc1OCC(=O)OCc1cc(=O)oc2c(C)c(O)ccc12. The number of benzene rings is 2. The Balaban J connectivity index is 1.70. The molecule has 0 spiro atoms. The summed E-state index contributed by atoms with van der Waals surface area (Å²) in [6.45, 7) is 3.06. The third kappa shape index (κ3) is 4.23. The largest absolute Gasteiger partial charge is 0.508 e. The maximum Gasteiger partial charge on any atom is 0.344 e. The number of aromatic hydroxyl groups is 1. The highest BCUT2D eigenvalue weighted by Crippen LogP contribution is 2.27. The fourth-order valence-corrected chi connectivity index (χ4v) is 2.87. The van der Waals surface area contributed by atoms with Crippen LogP contribution in [0.1, 0.15) is 16.7 Å². The molecule has 0 saturated carbocycles. The predicted octanol–water partition coefficient (Wildman–Crippen LogP) is 3.89. The van der Waals surface area contributed by atoms with Crippen LogP contribution in [-0.2, 0) is 16.1 Å². The minimum absolute atomic E-state index is 0.0199. The van der Waals surface area contributed by atoms with Crippen LogP contribution in [0.25, 0.3) is 11.0 Å². The Morgan fingerprint density at radius 2 is 1.96 bits per heavy atom. The van der Waals surface area contributed by atoms with Crippen molar-refractivity contribution in [2.24, 2.45) is 0 Å². The first kappa shape index (κ1) is 18.8. The lowest BCUT2D eigenvalue weighted by Crippen LogP contribution is -2.15. The van der Waals surface area contributed by atoms with Gasteiger partial charge in [0.25, 0.3) is 0 Å². The third-order valence-corrected chi connectivity index (χ3v) is 4.32. The molecule has 2 aromatic carbocycles.